The van der Waals surface area contributed by atoms with E-state index in [-0.39, 0.29) is 24.0 Å². The second-order valence-corrected chi connectivity index (χ2v) is 6.18. The minimum atomic E-state index is 0. The van der Waals surface area contributed by atoms with Gasteiger partial charge in [0.15, 0.2) is 5.96 Å². The van der Waals surface area contributed by atoms with Crippen LogP contribution in [0.5, 0.6) is 11.5 Å². The molecule has 0 saturated carbocycles. The third kappa shape index (κ3) is 8.35. The molecule has 0 saturated heterocycles. The van der Waals surface area contributed by atoms with E-state index in [0.717, 1.165) is 29.0 Å². The fraction of sp³-hybridized carbons (Fsp3) is 0.381. The summed E-state index contributed by atoms with van der Waals surface area (Å²) in [6.45, 7) is 4.26. The average Bonchev–Trinajstić information content (AvgIpc) is 2.68. The number of aliphatic imine (C=N–C) groups is 1. The van der Waals surface area contributed by atoms with Gasteiger partial charge in [0, 0.05) is 19.2 Å². The van der Waals surface area contributed by atoms with Gasteiger partial charge in [0.2, 0.25) is 0 Å². The summed E-state index contributed by atoms with van der Waals surface area (Å²) >= 11 is 0. The van der Waals surface area contributed by atoms with Gasteiger partial charge in [0.1, 0.15) is 18.1 Å². The van der Waals surface area contributed by atoms with Crippen molar-refractivity contribution in [2.24, 2.45) is 10.7 Å². The van der Waals surface area contributed by atoms with Gasteiger partial charge in [-0.1, -0.05) is 24.3 Å². The third-order valence-corrected chi connectivity index (χ3v) is 4.07. The predicted octanol–water partition coefficient (Wildman–Crippen LogP) is 3.29. The lowest BCUT2D eigenvalue weighted by molar-refractivity contribution is 0.146. The maximum absolute atomic E-state index is 5.99. The van der Waals surface area contributed by atoms with Crippen molar-refractivity contribution in [1.82, 2.24) is 5.32 Å². The number of rotatable bonds is 10. The van der Waals surface area contributed by atoms with Gasteiger partial charge in [-0.05, 0) is 42.7 Å². The van der Waals surface area contributed by atoms with E-state index in [9.17, 15) is 0 Å². The Kier molecular flexibility index (Phi) is 11.4. The lowest BCUT2D eigenvalue weighted by atomic mass is 10.1. The lowest BCUT2D eigenvalue weighted by Crippen LogP contribution is -2.33. The van der Waals surface area contributed by atoms with Crippen LogP contribution >= 0.6 is 24.0 Å². The summed E-state index contributed by atoms with van der Waals surface area (Å²) in [5.74, 6) is 2.10. The summed E-state index contributed by atoms with van der Waals surface area (Å²) < 4.78 is 16.0. The number of aryl methyl sites for hydroxylation is 1. The van der Waals surface area contributed by atoms with Gasteiger partial charge in [0.25, 0.3) is 0 Å². The molecular weight excluding hydrogens is 469 g/mol. The van der Waals surface area contributed by atoms with Gasteiger partial charge < -0.3 is 25.3 Å². The predicted molar refractivity (Wildman–Crippen MR) is 124 cm³/mol. The largest absolute Gasteiger partial charge is 0.497 e. The number of ether oxygens (including phenoxy) is 3. The van der Waals surface area contributed by atoms with E-state index in [2.05, 4.69) is 10.3 Å². The molecule has 6 nitrogen and oxygen atoms in total. The monoisotopic (exact) mass is 499 g/mol. The van der Waals surface area contributed by atoms with Crippen LogP contribution in [0.4, 0.5) is 0 Å². The fourth-order valence-electron chi connectivity index (χ4n) is 2.52. The number of nitrogens with one attached hydrogen (secondary N) is 1. The van der Waals surface area contributed by atoms with E-state index in [1.54, 1.807) is 14.2 Å². The second-order valence-electron chi connectivity index (χ2n) is 6.18. The van der Waals surface area contributed by atoms with Crippen molar-refractivity contribution in [3.8, 4) is 11.5 Å². The summed E-state index contributed by atoms with van der Waals surface area (Å²) in [5, 5.41) is 3.15. The number of hydrogen-bond donors (Lipinski definition) is 2. The number of methoxy groups -OCH3 is 2. The van der Waals surface area contributed by atoms with Gasteiger partial charge >= 0.3 is 0 Å². The topological polar surface area (TPSA) is 78.1 Å². The summed E-state index contributed by atoms with van der Waals surface area (Å²) in [7, 11) is 3.32. The zero-order chi connectivity index (χ0) is 19.5. The van der Waals surface area contributed by atoms with Crippen LogP contribution in [0.25, 0.3) is 0 Å². The Labute approximate surface area is 184 Å². The van der Waals surface area contributed by atoms with Crippen LogP contribution in [0.1, 0.15) is 16.7 Å². The molecule has 0 aliphatic heterocycles. The van der Waals surface area contributed by atoms with Gasteiger partial charge in [-0.3, -0.25) is 0 Å². The van der Waals surface area contributed by atoms with E-state index >= 15 is 0 Å². The number of benzene rings is 2. The van der Waals surface area contributed by atoms with Crippen molar-refractivity contribution < 1.29 is 14.2 Å². The molecule has 0 aliphatic rings. The second kappa shape index (κ2) is 13.2. The summed E-state index contributed by atoms with van der Waals surface area (Å²) in [5.41, 5.74) is 9.34. The minimum Gasteiger partial charge on any atom is -0.497 e. The zero-order valence-electron chi connectivity index (χ0n) is 16.7. The van der Waals surface area contributed by atoms with E-state index in [4.69, 9.17) is 19.9 Å². The first-order chi connectivity index (χ1) is 13.1. The highest BCUT2D eigenvalue weighted by Gasteiger charge is 2.04. The summed E-state index contributed by atoms with van der Waals surface area (Å²) in [4.78, 5) is 4.42. The molecule has 2 rings (SSSR count). The molecule has 0 heterocycles. The number of nitrogens with zero attached hydrogens (tertiary/aromatic N) is 1. The zero-order valence-corrected chi connectivity index (χ0v) is 19.1. The van der Waals surface area contributed by atoms with Crippen molar-refractivity contribution in [1.29, 1.82) is 0 Å². The van der Waals surface area contributed by atoms with Crippen LogP contribution in [-0.2, 0) is 17.7 Å². The molecule has 0 bridgehead atoms. The van der Waals surface area contributed by atoms with Gasteiger partial charge in [0.05, 0.1) is 20.3 Å². The number of hydrogen-bond acceptors (Lipinski definition) is 4. The first-order valence-electron chi connectivity index (χ1n) is 9.00. The van der Waals surface area contributed by atoms with Crippen LogP contribution < -0.4 is 20.5 Å². The molecule has 0 atom stereocenters. The van der Waals surface area contributed by atoms with E-state index in [1.807, 2.05) is 49.4 Å². The summed E-state index contributed by atoms with van der Waals surface area (Å²) in [6, 6.07) is 14.1. The highest BCUT2D eigenvalue weighted by molar-refractivity contribution is 14.0. The van der Waals surface area contributed by atoms with Crippen LogP contribution in [0, 0.1) is 6.92 Å². The quantitative estimate of drug-likeness (QED) is 0.227. The van der Waals surface area contributed by atoms with Gasteiger partial charge in [-0.15, -0.1) is 24.0 Å². The Hall–Kier alpha value is -2.00. The van der Waals surface area contributed by atoms with Crippen molar-refractivity contribution in [2.75, 3.05) is 34.0 Å². The fourth-order valence-corrected chi connectivity index (χ4v) is 2.52. The molecule has 2 aromatic rings. The van der Waals surface area contributed by atoms with Gasteiger partial charge in [-0.25, -0.2) is 4.99 Å². The molecule has 154 valence electrons. The number of halogens is 1. The molecule has 0 amide bonds. The molecule has 0 radical (unpaired) electrons. The Balaban J connectivity index is 0.00000392. The van der Waals surface area contributed by atoms with Gasteiger partial charge in [-0.2, -0.15) is 0 Å². The smallest absolute Gasteiger partial charge is 0.188 e. The third-order valence-electron chi connectivity index (χ3n) is 4.07. The standard InChI is InChI=1S/C21H29N3O3.HI/c1-16-4-7-18(20(14-16)27-13-12-25-2)15-24-21(22)23-11-10-17-5-8-19(26-3)9-6-17;/h4-9,14H,10-13,15H2,1-3H3,(H3,22,23,24);1H. The first kappa shape index (κ1) is 24.0. The molecule has 7 heteroatoms. The van der Waals surface area contributed by atoms with Crippen molar-refractivity contribution in [3.05, 3.63) is 59.2 Å². The van der Waals surface area contributed by atoms with Crippen molar-refractivity contribution in [3.63, 3.8) is 0 Å². The maximum atomic E-state index is 5.99. The number of guanidine groups is 1. The number of nitrogens with two attached hydrogens (primary N) is 1. The maximum Gasteiger partial charge on any atom is 0.188 e. The highest BCUT2D eigenvalue weighted by Crippen LogP contribution is 2.21. The molecule has 3 N–H and O–H groups in total. The first-order valence-corrected chi connectivity index (χ1v) is 9.00. The molecule has 0 fully saturated rings. The van der Waals surface area contributed by atoms with Crippen LogP contribution in [0.3, 0.4) is 0 Å². The van der Waals surface area contributed by atoms with Crippen LogP contribution in [0.15, 0.2) is 47.5 Å². The lowest BCUT2D eigenvalue weighted by Gasteiger charge is -2.11. The Morgan fingerprint density at radius 1 is 1.07 bits per heavy atom. The normalized spacial score (nSPS) is 10.9. The molecule has 0 aromatic heterocycles. The molecule has 2 aromatic carbocycles. The van der Waals surface area contributed by atoms with Crippen LogP contribution in [0.2, 0.25) is 0 Å². The molecule has 0 aliphatic carbocycles. The highest BCUT2D eigenvalue weighted by atomic mass is 127. The van der Waals surface area contributed by atoms with E-state index in [1.165, 1.54) is 5.56 Å². The van der Waals surface area contributed by atoms with Crippen molar-refractivity contribution >= 4 is 29.9 Å². The van der Waals surface area contributed by atoms with Crippen LogP contribution in [-0.4, -0.2) is 39.9 Å². The SMILES string of the molecule is COCCOc1cc(C)ccc1CN=C(N)NCCc1ccc(OC)cc1.I. The summed E-state index contributed by atoms with van der Waals surface area (Å²) in [6.07, 6.45) is 0.857. The Morgan fingerprint density at radius 3 is 2.50 bits per heavy atom. The van der Waals surface area contributed by atoms with E-state index < -0.39 is 0 Å². The molecule has 28 heavy (non-hydrogen) atoms. The molecular formula is C21H30IN3O3. The minimum absolute atomic E-state index is 0. The Bertz CT molecular complexity index is 736. The average molecular weight is 499 g/mol. The molecule has 0 unspecified atom stereocenters. The van der Waals surface area contributed by atoms with E-state index in [0.29, 0.717) is 32.3 Å². The molecule has 0 spiro atoms. The Morgan fingerprint density at radius 2 is 1.82 bits per heavy atom. The van der Waals surface area contributed by atoms with Crippen molar-refractivity contribution in [2.45, 2.75) is 19.9 Å².